The van der Waals surface area contributed by atoms with Gasteiger partial charge in [0.2, 0.25) is 0 Å². The summed E-state index contributed by atoms with van der Waals surface area (Å²) in [4.78, 5) is 0. The lowest BCUT2D eigenvalue weighted by molar-refractivity contribution is 0.133. The van der Waals surface area contributed by atoms with Crippen LogP contribution in [0.1, 0.15) is 32.6 Å². The van der Waals surface area contributed by atoms with Gasteiger partial charge in [0.05, 0.1) is 6.61 Å². The predicted molar refractivity (Wildman–Crippen MR) is 58.0 cm³/mol. The zero-order valence-electron chi connectivity index (χ0n) is 8.85. The monoisotopic (exact) mass is 185 g/mol. The maximum absolute atomic E-state index is 5.40. The minimum Gasteiger partial charge on any atom is -0.380 e. The van der Waals surface area contributed by atoms with E-state index in [4.69, 9.17) is 4.74 Å². The van der Waals surface area contributed by atoms with E-state index in [-0.39, 0.29) is 0 Å². The van der Waals surface area contributed by atoms with E-state index in [1.807, 2.05) is 6.08 Å². The summed E-state index contributed by atoms with van der Waals surface area (Å²) in [6.45, 7) is 9.65. The average Bonchev–Trinajstić information content (AvgIpc) is 2.16. The smallest absolute Gasteiger partial charge is 0.0590 e. The molecule has 0 aromatic heterocycles. The Balaban J connectivity index is 2.79. The fraction of sp³-hybridized carbons (Fsp3) is 0.818. The molecule has 13 heavy (non-hydrogen) atoms. The molecule has 1 N–H and O–H groups in total. The van der Waals surface area contributed by atoms with Crippen molar-refractivity contribution in [3.63, 3.8) is 0 Å². The molecule has 0 aliphatic carbocycles. The van der Waals surface area contributed by atoms with Crippen LogP contribution in [0.25, 0.3) is 0 Å². The van der Waals surface area contributed by atoms with E-state index in [0.29, 0.717) is 0 Å². The molecule has 2 nitrogen and oxygen atoms in total. The summed E-state index contributed by atoms with van der Waals surface area (Å²) in [6.07, 6.45) is 6.63. The summed E-state index contributed by atoms with van der Waals surface area (Å²) < 4.78 is 5.40. The molecule has 2 heteroatoms. The van der Waals surface area contributed by atoms with Crippen molar-refractivity contribution in [2.24, 2.45) is 0 Å². The molecule has 0 fully saturated rings. The van der Waals surface area contributed by atoms with Crippen LogP contribution in [0.3, 0.4) is 0 Å². The number of hydrogen-bond acceptors (Lipinski definition) is 2. The molecule has 0 aromatic carbocycles. The Morgan fingerprint density at radius 2 is 2.08 bits per heavy atom. The Kier molecular flexibility index (Phi) is 11.4. The fourth-order valence-corrected chi connectivity index (χ4v) is 0.989. The molecule has 0 saturated heterocycles. The third-order valence-electron chi connectivity index (χ3n) is 1.83. The molecule has 0 unspecified atom stereocenters. The molecular weight excluding hydrogens is 162 g/mol. The zero-order valence-corrected chi connectivity index (χ0v) is 8.85. The number of nitrogens with one attached hydrogen (secondary N) is 1. The van der Waals surface area contributed by atoms with Gasteiger partial charge in [-0.05, 0) is 25.8 Å². The first kappa shape index (κ1) is 12.7. The largest absolute Gasteiger partial charge is 0.380 e. The van der Waals surface area contributed by atoms with Crippen molar-refractivity contribution >= 4 is 0 Å². The lowest BCUT2D eigenvalue weighted by Gasteiger charge is -2.04. The van der Waals surface area contributed by atoms with E-state index >= 15 is 0 Å². The van der Waals surface area contributed by atoms with E-state index in [0.717, 1.165) is 32.7 Å². The summed E-state index contributed by atoms with van der Waals surface area (Å²) in [5.74, 6) is 0. The van der Waals surface area contributed by atoms with Crippen molar-refractivity contribution in [2.45, 2.75) is 32.6 Å². The number of hydrogen-bond donors (Lipinski definition) is 1. The molecule has 0 saturated carbocycles. The predicted octanol–water partition coefficient (Wildman–Crippen LogP) is 2.36. The maximum atomic E-state index is 5.40. The van der Waals surface area contributed by atoms with E-state index in [9.17, 15) is 0 Å². The molecule has 0 bridgehead atoms. The quantitative estimate of drug-likeness (QED) is 0.417. The van der Waals surface area contributed by atoms with E-state index < -0.39 is 0 Å². The van der Waals surface area contributed by atoms with Gasteiger partial charge in [0.1, 0.15) is 0 Å². The minimum absolute atomic E-state index is 0.841. The van der Waals surface area contributed by atoms with Crippen molar-refractivity contribution in [2.75, 3.05) is 26.3 Å². The number of ether oxygens (including phenoxy) is 1. The van der Waals surface area contributed by atoms with E-state index in [2.05, 4.69) is 18.8 Å². The second-order valence-corrected chi connectivity index (χ2v) is 3.15. The maximum Gasteiger partial charge on any atom is 0.0590 e. The third kappa shape index (κ3) is 11.7. The highest BCUT2D eigenvalue weighted by Gasteiger charge is 1.88. The number of unbranched alkanes of at least 4 members (excludes halogenated alkanes) is 2. The Morgan fingerprint density at radius 3 is 2.77 bits per heavy atom. The van der Waals surface area contributed by atoms with Gasteiger partial charge in [-0.1, -0.05) is 19.4 Å². The van der Waals surface area contributed by atoms with Crippen LogP contribution in [0.2, 0.25) is 0 Å². The van der Waals surface area contributed by atoms with Gasteiger partial charge in [-0.3, -0.25) is 0 Å². The Labute approximate surface area is 82.4 Å². The van der Waals surface area contributed by atoms with Crippen LogP contribution in [0.15, 0.2) is 12.7 Å². The SMILES string of the molecule is C=CCCCNCCOCCCC. The van der Waals surface area contributed by atoms with Crippen molar-refractivity contribution in [1.29, 1.82) is 0 Å². The molecule has 0 spiro atoms. The second kappa shape index (κ2) is 11.7. The first-order valence-electron chi connectivity index (χ1n) is 5.31. The van der Waals surface area contributed by atoms with Crippen LogP contribution < -0.4 is 5.32 Å². The summed E-state index contributed by atoms with van der Waals surface area (Å²) in [5.41, 5.74) is 0. The van der Waals surface area contributed by atoms with Crippen molar-refractivity contribution < 1.29 is 4.74 Å². The first-order valence-corrected chi connectivity index (χ1v) is 5.31. The minimum atomic E-state index is 0.841. The van der Waals surface area contributed by atoms with Gasteiger partial charge in [-0.15, -0.1) is 6.58 Å². The van der Waals surface area contributed by atoms with Gasteiger partial charge < -0.3 is 10.1 Å². The van der Waals surface area contributed by atoms with Crippen LogP contribution in [0.5, 0.6) is 0 Å². The molecular formula is C11H23NO. The second-order valence-electron chi connectivity index (χ2n) is 3.15. The average molecular weight is 185 g/mol. The summed E-state index contributed by atoms with van der Waals surface area (Å²) >= 11 is 0. The Morgan fingerprint density at radius 1 is 1.23 bits per heavy atom. The third-order valence-corrected chi connectivity index (χ3v) is 1.83. The van der Waals surface area contributed by atoms with Crippen molar-refractivity contribution in [3.05, 3.63) is 12.7 Å². The highest BCUT2D eigenvalue weighted by Crippen LogP contribution is 1.87. The zero-order chi connectivity index (χ0) is 9.78. The lowest BCUT2D eigenvalue weighted by Crippen LogP contribution is -2.20. The van der Waals surface area contributed by atoms with Gasteiger partial charge in [-0.2, -0.15) is 0 Å². The van der Waals surface area contributed by atoms with Crippen LogP contribution in [-0.4, -0.2) is 26.3 Å². The Bertz CT molecular complexity index is 104. The number of rotatable bonds is 10. The van der Waals surface area contributed by atoms with Gasteiger partial charge in [0.25, 0.3) is 0 Å². The number of allylic oxidation sites excluding steroid dienone is 1. The summed E-state index contributed by atoms with van der Waals surface area (Å²) in [7, 11) is 0. The molecule has 0 rings (SSSR count). The van der Waals surface area contributed by atoms with Crippen LogP contribution in [0, 0.1) is 0 Å². The normalized spacial score (nSPS) is 10.2. The van der Waals surface area contributed by atoms with Gasteiger partial charge in [0.15, 0.2) is 0 Å². The fourth-order valence-electron chi connectivity index (χ4n) is 0.989. The van der Waals surface area contributed by atoms with Crippen LogP contribution in [-0.2, 0) is 4.74 Å². The van der Waals surface area contributed by atoms with Gasteiger partial charge in [-0.25, -0.2) is 0 Å². The molecule has 0 radical (unpaired) electrons. The molecule has 0 aromatic rings. The molecule has 0 aliphatic heterocycles. The van der Waals surface area contributed by atoms with Gasteiger partial charge in [0, 0.05) is 13.2 Å². The highest BCUT2D eigenvalue weighted by atomic mass is 16.5. The summed E-state index contributed by atoms with van der Waals surface area (Å²) in [5, 5.41) is 3.32. The van der Waals surface area contributed by atoms with Crippen molar-refractivity contribution in [1.82, 2.24) is 5.32 Å². The topological polar surface area (TPSA) is 21.3 Å². The molecule has 0 heterocycles. The Hall–Kier alpha value is -0.340. The molecule has 78 valence electrons. The molecule has 0 amide bonds. The molecule has 0 aliphatic rings. The van der Waals surface area contributed by atoms with Gasteiger partial charge >= 0.3 is 0 Å². The van der Waals surface area contributed by atoms with Crippen LogP contribution >= 0.6 is 0 Å². The standard InChI is InChI=1S/C11H23NO/c1-3-5-7-8-12-9-11-13-10-6-4-2/h3,12H,1,4-11H2,2H3. The summed E-state index contributed by atoms with van der Waals surface area (Å²) in [6, 6.07) is 0. The van der Waals surface area contributed by atoms with Crippen LogP contribution in [0.4, 0.5) is 0 Å². The molecule has 0 atom stereocenters. The first-order chi connectivity index (χ1) is 6.41. The van der Waals surface area contributed by atoms with Crippen molar-refractivity contribution in [3.8, 4) is 0 Å². The van der Waals surface area contributed by atoms with E-state index in [1.54, 1.807) is 0 Å². The van der Waals surface area contributed by atoms with E-state index in [1.165, 1.54) is 19.3 Å². The lowest BCUT2D eigenvalue weighted by atomic mass is 10.3. The highest BCUT2D eigenvalue weighted by molar-refractivity contribution is 4.66.